The highest BCUT2D eigenvalue weighted by Gasteiger charge is 2.21. The fraction of sp³-hybridized carbons (Fsp3) is 0.375. The van der Waals surface area contributed by atoms with E-state index in [0.29, 0.717) is 17.1 Å². The Morgan fingerprint density at radius 1 is 1.41 bits per heavy atom. The van der Waals surface area contributed by atoms with Gasteiger partial charge in [-0.3, -0.25) is 4.79 Å². The van der Waals surface area contributed by atoms with Crippen LogP contribution < -0.4 is 16.4 Å². The molecule has 0 saturated heterocycles. The second-order valence-electron chi connectivity index (χ2n) is 5.94. The van der Waals surface area contributed by atoms with E-state index in [0.717, 1.165) is 17.0 Å². The fourth-order valence-corrected chi connectivity index (χ4v) is 2.71. The Morgan fingerprint density at radius 2 is 2.14 bits per heavy atom. The van der Waals surface area contributed by atoms with Gasteiger partial charge in [-0.05, 0) is 44.9 Å². The first-order valence-electron chi connectivity index (χ1n) is 7.21. The van der Waals surface area contributed by atoms with Crippen LogP contribution in [0.4, 0.5) is 16.4 Å². The summed E-state index contributed by atoms with van der Waals surface area (Å²) in [6.45, 7) is 8.23. The van der Waals surface area contributed by atoms with Crippen molar-refractivity contribution in [3.63, 3.8) is 0 Å². The Kier molecular flexibility index (Phi) is 4.71. The summed E-state index contributed by atoms with van der Waals surface area (Å²) in [5.41, 5.74) is 10.1. The van der Waals surface area contributed by atoms with Crippen LogP contribution in [0.15, 0.2) is 23.7 Å². The van der Waals surface area contributed by atoms with Crippen molar-refractivity contribution in [2.24, 2.45) is 0 Å². The van der Waals surface area contributed by atoms with Gasteiger partial charge in [0.1, 0.15) is 5.00 Å². The van der Waals surface area contributed by atoms with Gasteiger partial charge in [-0.1, -0.05) is 13.0 Å². The van der Waals surface area contributed by atoms with E-state index in [-0.39, 0.29) is 11.4 Å². The van der Waals surface area contributed by atoms with Crippen molar-refractivity contribution < 1.29 is 4.79 Å². The van der Waals surface area contributed by atoms with E-state index >= 15 is 0 Å². The number of amides is 1. The molecule has 1 amide bonds. The van der Waals surface area contributed by atoms with Crippen LogP contribution in [0.25, 0.3) is 0 Å². The van der Waals surface area contributed by atoms with Crippen LogP contribution in [-0.2, 0) is 0 Å². The summed E-state index contributed by atoms with van der Waals surface area (Å²) >= 11 is 1.42. The van der Waals surface area contributed by atoms with Crippen LogP contribution in [0, 0.1) is 6.92 Å². The van der Waals surface area contributed by atoms with E-state index in [9.17, 15) is 4.79 Å². The van der Waals surface area contributed by atoms with Crippen LogP contribution in [0.1, 0.15) is 43.2 Å². The number of anilines is 3. The number of aromatic nitrogens is 1. The summed E-state index contributed by atoms with van der Waals surface area (Å²) in [5.74, 6) is -0.257. The first kappa shape index (κ1) is 16.3. The van der Waals surface area contributed by atoms with E-state index in [1.54, 1.807) is 11.6 Å². The molecule has 22 heavy (non-hydrogen) atoms. The molecule has 2 rings (SSSR count). The highest BCUT2D eigenvalue weighted by Crippen LogP contribution is 2.27. The van der Waals surface area contributed by atoms with Gasteiger partial charge in [0.15, 0.2) is 5.69 Å². The van der Waals surface area contributed by atoms with Gasteiger partial charge < -0.3 is 16.4 Å². The van der Waals surface area contributed by atoms with E-state index in [1.807, 2.05) is 19.1 Å². The van der Waals surface area contributed by atoms with Gasteiger partial charge in [-0.2, -0.15) is 0 Å². The number of nitrogens with zero attached hydrogens (tertiary/aromatic N) is 1. The molecule has 0 fully saturated rings. The van der Waals surface area contributed by atoms with Crippen molar-refractivity contribution in [1.82, 2.24) is 4.98 Å². The highest BCUT2D eigenvalue weighted by molar-refractivity contribution is 7.14. The Balaban J connectivity index is 2.20. The number of hydrogen-bond acceptors (Lipinski definition) is 5. The van der Waals surface area contributed by atoms with Crippen molar-refractivity contribution in [2.75, 3.05) is 16.4 Å². The Bertz CT molecular complexity index is 679. The molecular weight excluding hydrogens is 296 g/mol. The maximum atomic E-state index is 12.5. The van der Waals surface area contributed by atoms with Crippen molar-refractivity contribution in [1.29, 1.82) is 0 Å². The molecule has 0 aliphatic rings. The van der Waals surface area contributed by atoms with Gasteiger partial charge in [-0.25, -0.2) is 4.98 Å². The van der Waals surface area contributed by atoms with Crippen LogP contribution in [-0.4, -0.2) is 16.4 Å². The number of carbonyl (C=O) groups excluding carboxylic acids is 1. The standard InChI is InChI=1S/C16H22N4OS/c1-5-16(3,4)20-15-13(18-9-22-15)14(21)19-12-8-10(2)6-7-11(12)17/h6-9,20H,5,17H2,1-4H3,(H,19,21). The normalized spacial score (nSPS) is 11.3. The largest absolute Gasteiger partial charge is 0.397 e. The summed E-state index contributed by atoms with van der Waals surface area (Å²) in [4.78, 5) is 16.7. The zero-order valence-corrected chi connectivity index (χ0v) is 14.2. The average molecular weight is 318 g/mol. The number of benzene rings is 1. The predicted octanol–water partition coefficient (Wildman–Crippen LogP) is 3.89. The first-order chi connectivity index (χ1) is 10.3. The van der Waals surface area contributed by atoms with E-state index < -0.39 is 0 Å². The molecule has 0 unspecified atom stereocenters. The van der Waals surface area contributed by atoms with Crippen molar-refractivity contribution >= 4 is 33.6 Å². The number of thiazole rings is 1. The van der Waals surface area contributed by atoms with E-state index in [2.05, 4.69) is 36.4 Å². The zero-order chi connectivity index (χ0) is 16.3. The van der Waals surface area contributed by atoms with Crippen molar-refractivity contribution in [3.05, 3.63) is 35.0 Å². The van der Waals surface area contributed by atoms with E-state index in [4.69, 9.17) is 5.73 Å². The van der Waals surface area contributed by atoms with Crippen molar-refractivity contribution in [2.45, 2.75) is 39.7 Å². The first-order valence-corrected chi connectivity index (χ1v) is 8.09. The van der Waals surface area contributed by atoms with Crippen LogP contribution >= 0.6 is 11.3 Å². The van der Waals surface area contributed by atoms with Crippen LogP contribution in [0.2, 0.25) is 0 Å². The second-order valence-corrected chi connectivity index (χ2v) is 6.79. The van der Waals surface area contributed by atoms with Gasteiger partial charge in [0.05, 0.1) is 16.9 Å². The summed E-state index contributed by atoms with van der Waals surface area (Å²) in [5, 5.41) is 6.98. The topological polar surface area (TPSA) is 80.0 Å². The lowest BCUT2D eigenvalue weighted by Crippen LogP contribution is -2.30. The minimum atomic E-state index is -0.257. The predicted molar refractivity (Wildman–Crippen MR) is 93.7 cm³/mol. The lowest BCUT2D eigenvalue weighted by atomic mass is 10.0. The van der Waals surface area contributed by atoms with Gasteiger partial charge in [-0.15, -0.1) is 11.3 Å². The summed E-state index contributed by atoms with van der Waals surface area (Å²) in [6, 6.07) is 5.54. The van der Waals surface area contributed by atoms with Crippen LogP contribution in [0.3, 0.4) is 0 Å². The maximum Gasteiger partial charge on any atom is 0.277 e. The van der Waals surface area contributed by atoms with Gasteiger partial charge in [0, 0.05) is 5.54 Å². The summed E-state index contributed by atoms with van der Waals surface area (Å²) < 4.78 is 0. The third-order valence-electron chi connectivity index (χ3n) is 3.58. The number of aryl methyl sites for hydroxylation is 1. The molecule has 118 valence electrons. The number of carbonyl (C=O) groups is 1. The Hall–Kier alpha value is -2.08. The minimum absolute atomic E-state index is 0.0933. The monoisotopic (exact) mass is 318 g/mol. The third kappa shape index (κ3) is 3.76. The molecule has 1 aromatic heterocycles. The second kappa shape index (κ2) is 6.36. The molecule has 0 saturated carbocycles. The lowest BCUT2D eigenvalue weighted by Gasteiger charge is -2.25. The van der Waals surface area contributed by atoms with E-state index in [1.165, 1.54) is 11.3 Å². The minimum Gasteiger partial charge on any atom is -0.397 e. The molecule has 0 radical (unpaired) electrons. The van der Waals surface area contributed by atoms with Gasteiger partial charge >= 0.3 is 0 Å². The number of rotatable bonds is 5. The Labute approximate surface area is 135 Å². The lowest BCUT2D eigenvalue weighted by molar-refractivity contribution is 0.102. The Morgan fingerprint density at radius 3 is 2.82 bits per heavy atom. The molecule has 1 heterocycles. The molecule has 0 aliphatic heterocycles. The molecule has 0 bridgehead atoms. The fourth-order valence-electron chi connectivity index (χ4n) is 1.85. The number of nitrogen functional groups attached to an aromatic ring is 1. The molecule has 2 aromatic rings. The smallest absolute Gasteiger partial charge is 0.277 e. The zero-order valence-electron chi connectivity index (χ0n) is 13.4. The van der Waals surface area contributed by atoms with Gasteiger partial charge in [0.25, 0.3) is 5.91 Å². The average Bonchev–Trinajstić information content (AvgIpc) is 2.90. The van der Waals surface area contributed by atoms with Crippen molar-refractivity contribution in [3.8, 4) is 0 Å². The third-order valence-corrected chi connectivity index (χ3v) is 4.32. The molecule has 1 aromatic carbocycles. The van der Waals surface area contributed by atoms with Crippen LogP contribution in [0.5, 0.6) is 0 Å². The summed E-state index contributed by atoms with van der Waals surface area (Å²) in [7, 11) is 0. The molecule has 0 spiro atoms. The highest BCUT2D eigenvalue weighted by atomic mass is 32.1. The molecule has 6 heteroatoms. The molecule has 4 N–H and O–H groups in total. The quantitative estimate of drug-likeness (QED) is 0.731. The molecular formula is C16H22N4OS. The maximum absolute atomic E-state index is 12.5. The SMILES string of the molecule is CCC(C)(C)Nc1scnc1C(=O)Nc1cc(C)ccc1N. The molecule has 5 nitrogen and oxygen atoms in total. The molecule has 0 atom stereocenters. The molecule has 0 aliphatic carbocycles. The number of nitrogens with one attached hydrogen (secondary N) is 2. The number of hydrogen-bond donors (Lipinski definition) is 3. The summed E-state index contributed by atoms with van der Waals surface area (Å²) in [6.07, 6.45) is 0.941. The number of nitrogens with two attached hydrogens (primary N) is 1. The van der Waals surface area contributed by atoms with Gasteiger partial charge in [0.2, 0.25) is 0 Å².